The van der Waals surface area contributed by atoms with E-state index >= 15 is 0 Å². The molecule has 0 aliphatic rings. The first-order chi connectivity index (χ1) is 14.7. The third-order valence-electron chi connectivity index (χ3n) is 4.18. The topological polar surface area (TPSA) is 47.6 Å². The Kier molecular flexibility index (Phi) is 6.11. The van der Waals surface area contributed by atoms with Gasteiger partial charge in [0, 0.05) is 33.9 Å². The van der Waals surface area contributed by atoms with Gasteiger partial charge in [-0.05, 0) is 42.5 Å². The lowest BCUT2D eigenvalue weighted by molar-refractivity contribution is 0.102. The smallest absolute Gasteiger partial charge is 0.255 e. The van der Waals surface area contributed by atoms with E-state index in [1.807, 2.05) is 72.8 Å². The Hall–Kier alpha value is -3.57. The molecule has 0 heterocycles. The zero-order valence-electron chi connectivity index (χ0n) is 15.9. The molecule has 0 aliphatic carbocycles. The second kappa shape index (κ2) is 9.29. The fourth-order valence-corrected chi connectivity index (χ4v) is 3.24. The lowest BCUT2D eigenvalue weighted by atomic mass is 10.2. The summed E-state index contributed by atoms with van der Waals surface area (Å²) in [6.07, 6.45) is 0. The minimum absolute atomic E-state index is 0.223. The standard InChI is InChI=1S/C25H18BrNO3/c26-19-9-7-8-18(14-19)25(28)27-20-15-23(29-21-10-3-1-4-11-21)17-24(16-20)30-22-12-5-2-6-13-22/h1-17H,(H,27,28). The summed E-state index contributed by atoms with van der Waals surface area (Å²) in [7, 11) is 0. The van der Waals surface area contributed by atoms with E-state index in [9.17, 15) is 4.79 Å². The van der Waals surface area contributed by atoms with E-state index in [0.717, 1.165) is 4.47 Å². The van der Waals surface area contributed by atoms with Gasteiger partial charge in [0.1, 0.15) is 23.0 Å². The van der Waals surface area contributed by atoms with Gasteiger partial charge >= 0.3 is 0 Å². The number of halogens is 1. The number of carbonyl (C=O) groups excluding carboxylic acids is 1. The van der Waals surface area contributed by atoms with Crippen LogP contribution in [0.3, 0.4) is 0 Å². The molecule has 0 saturated carbocycles. The summed E-state index contributed by atoms with van der Waals surface area (Å²) >= 11 is 3.39. The van der Waals surface area contributed by atoms with Crippen molar-refractivity contribution in [1.29, 1.82) is 0 Å². The molecule has 1 amide bonds. The number of rotatable bonds is 6. The van der Waals surface area contributed by atoms with Gasteiger partial charge in [-0.1, -0.05) is 58.4 Å². The van der Waals surface area contributed by atoms with E-state index in [1.165, 1.54) is 0 Å². The third-order valence-corrected chi connectivity index (χ3v) is 4.68. The van der Waals surface area contributed by atoms with Crippen LogP contribution < -0.4 is 14.8 Å². The number of hydrogen-bond donors (Lipinski definition) is 1. The Morgan fingerprint density at radius 1 is 0.633 bits per heavy atom. The van der Waals surface area contributed by atoms with Gasteiger partial charge in [0.15, 0.2) is 0 Å². The molecular formula is C25H18BrNO3. The highest BCUT2D eigenvalue weighted by Gasteiger charge is 2.10. The molecule has 0 unspecified atom stereocenters. The van der Waals surface area contributed by atoms with Crippen LogP contribution in [0.25, 0.3) is 0 Å². The fraction of sp³-hybridized carbons (Fsp3) is 0. The van der Waals surface area contributed by atoms with Gasteiger partial charge in [-0.15, -0.1) is 0 Å². The summed E-state index contributed by atoms with van der Waals surface area (Å²) < 4.78 is 12.8. The Morgan fingerprint density at radius 3 is 1.73 bits per heavy atom. The molecule has 0 fully saturated rings. The van der Waals surface area contributed by atoms with Crippen LogP contribution >= 0.6 is 15.9 Å². The van der Waals surface area contributed by atoms with Crippen molar-refractivity contribution in [2.75, 3.05) is 5.32 Å². The number of hydrogen-bond acceptors (Lipinski definition) is 3. The van der Waals surface area contributed by atoms with Gasteiger partial charge < -0.3 is 14.8 Å². The quantitative estimate of drug-likeness (QED) is 0.329. The highest BCUT2D eigenvalue weighted by molar-refractivity contribution is 9.10. The minimum atomic E-state index is -0.223. The van der Waals surface area contributed by atoms with E-state index in [1.54, 1.807) is 30.3 Å². The fourth-order valence-electron chi connectivity index (χ4n) is 2.84. The molecule has 0 aromatic heterocycles. The van der Waals surface area contributed by atoms with Gasteiger partial charge in [-0.3, -0.25) is 4.79 Å². The molecule has 4 aromatic rings. The van der Waals surface area contributed by atoms with Crippen LogP contribution in [0.1, 0.15) is 10.4 Å². The van der Waals surface area contributed by atoms with Crippen molar-refractivity contribution in [3.8, 4) is 23.0 Å². The molecule has 0 bridgehead atoms. The van der Waals surface area contributed by atoms with E-state index in [4.69, 9.17) is 9.47 Å². The Bertz CT molecular complexity index is 1090. The number of ether oxygens (including phenoxy) is 2. The van der Waals surface area contributed by atoms with Crippen LogP contribution in [-0.2, 0) is 0 Å². The molecule has 0 saturated heterocycles. The maximum Gasteiger partial charge on any atom is 0.255 e. The predicted molar refractivity (Wildman–Crippen MR) is 122 cm³/mol. The Labute approximate surface area is 183 Å². The van der Waals surface area contributed by atoms with Crippen molar-refractivity contribution >= 4 is 27.5 Å². The van der Waals surface area contributed by atoms with E-state index in [-0.39, 0.29) is 5.91 Å². The number of nitrogens with one attached hydrogen (secondary N) is 1. The highest BCUT2D eigenvalue weighted by Crippen LogP contribution is 2.32. The summed E-state index contributed by atoms with van der Waals surface area (Å²) in [6, 6.07) is 31.4. The van der Waals surface area contributed by atoms with Crippen LogP contribution in [0.4, 0.5) is 5.69 Å². The minimum Gasteiger partial charge on any atom is -0.457 e. The first-order valence-corrected chi connectivity index (χ1v) is 10.1. The van der Waals surface area contributed by atoms with Crippen molar-refractivity contribution in [2.45, 2.75) is 0 Å². The molecule has 5 heteroatoms. The molecule has 0 radical (unpaired) electrons. The number of para-hydroxylation sites is 2. The highest BCUT2D eigenvalue weighted by atomic mass is 79.9. The Balaban J connectivity index is 1.63. The predicted octanol–water partition coefficient (Wildman–Crippen LogP) is 7.29. The van der Waals surface area contributed by atoms with Crippen molar-refractivity contribution < 1.29 is 14.3 Å². The Morgan fingerprint density at radius 2 is 1.20 bits per heavy atom. The zero-order chi connectivity index (χ0) is 20.8. The van der Waals surface area contributed by atoms with Crippen LogP contribution in [0.5, 0.6) is 23.0 Å². The van der Waals surface area contributed by atoms with E-state index in [2.05, 4.69) is 21.2 Å². The van der Waals surface area contributed by atoms with Crippen LogP contribution in [0, 0.1) is 0 Å². The van der Waals surface area contributed by atoms with Gasteiger partial charge in [-0.25, -0.2) is 0 Å². The normalized spacial score (nSPS) is 10.3. The number of anilines is 1. The summed E-state index contributed by atoms with van der Waals surface area (Å²) in [5.74, 6) is 2.27. The molecular weight excluding hydrogens is 442 g/mol. The van der Waals surface area contributed by atoms with E-state index in [0.29, 0.717) is 34.2 Å². The van der Waals surface area contributed by atoms with Crippen molar-refractivity contribution in [3.05, 3.63) is 113 Å². The average molecular weight is 460 g/mol. The summed E-state index contributed by atoms with van der Waals surface area (Å²) in [4.78, 5) is 12.7. The van der Waals surface area contributed by atoms with Crippen LogP contribution in [0.2, 0.25) is 0 Å². The summed E-state index contributed by atoms with van der Waals surface area (Å²) in [5.41, 5.74) is 1.11. The summed E-state index contributed by atoms with van der Waals surface area (Å²) in [5, 5.41) is 2.92. The monoisotopic (exact) mass is 459 g/mol. The van der Waals surface area contributed by atoms with Gasteiger partial charge in [-0.2, -0.15) is 0 Å². The second-order valence-corrected chi connectivity index (χ2v) is 7.40. The lowest BCUT2D eigenvalue weighted by Gasteiger charge is -2.13. The molecule has 1 N–H and O–H groups in total. The molecule has 30 heavy (non-hydrogen) atoms. The maximum absolute atomic E-state index is 12.7. The van der Waals surface area contributed by atoms with Gasteiger partial charge in [0.2, 0.25) is 0 Å². The van der Waals surface area contributed by atoms with Crippen molar-refractivity contribution in [1.82, 2.24) is 0 Å². The molecule has 4 rings (SSSR count). The SMILES string of the molecule is O=C(Nc1cc(Oc2ccccc2)cc(Oc2ccccc2)c1)c1cccc(Br)c1. The molecule has 0 spiro atoms. The summed E-state index contributed by atoms with van der Waals surface area (Å²) in [6.45, 7) is 0. The average Bonchev–Trinajstić information content (AvgIpc) is 2.75. The first-order valence-electron chi connectivity index (χ1n) is 9.33. The second-order valence-electron chi connectivity index (χ2n) is 6.49. The zero-order valence-corrected chi connectivity index (χ0v) is 17.5. The largest absolute Gasteiger partial charge is 0.457 e. The molecule has 0 aliphatic heterocycles. The molecule has 0 atom stereocenters. The van der Waals surface area contributed by atoms with Crippen LogP contribution in [-0.4, -0.2) is 5.91 Å². The van der Waals surface area contributed by atoms with E-state index < -0.39 is 0 Å². The first kappa shape index (κ1) is 19.7. The molecule has 148 valence electrons. The van der Waals surface area contributed by atoms with Gasteiger partial charge in [0.05, 0.1) is 0 Å². The van der Waals surface area contributed by atoms with Crippen molar-refractivity contribution in [3.63, 3.8) is 0 Å². The maximum atomic E-state index is 12.7. The number of amides is 1. The number of benzene rings is 4. The van der Waals surface area contributed by atoms with Crippen molar-refractivity contribution in [2.24, 2.45) is 0 Å². The number of carbonyl (C=O) groups is 1. The van der Waals surface area contributed by atoms with Crippen LogP contribution in [0.15, 0.2) is 108 Å². The third kappa shape index (κ3) is 5.27. The molecule has 4 nitrogen and oxygen atoms in total. The lowest BCUT2D eigenvalue weighted by Crippen LogP contribution is -2.11. The molecule has 4 aromatic carbocycles. The van der Waals surface area contributed by atoms with Gasteiger partial charge in [0.25, 0.3) is 5.91 Å².